The maximum atomic E-state index is 12.8. The zero-order chi connectivity index (χ0) is 22.8. The van der Waals surface area contributed by atoms with E-state index in [0.717, 1.165) is 11.6 Å². The lowest BCUT2D eigenvalue weighted by Gasteiger charge is -2.35. The van der Waals surface area contributed by atoms with E-state index in [2.05, 4.69) is 0 Å². The first-order valence-corrected chi connectivity index (χ1v) is 11.5. The highest BCUT2D eigenvalue weighted by Crippen LogP contribution is 2.32. The molecule has 168 valence electrons. The Morgan fingerprint density at radius 2 is 1.81 bits per heavy atom. The molecule has 0 atom stereocenters. The first kappa shape index (κ1) is 22.8. The molecule has 2 heterocycles. The van der Waals surface area contributed by atoms with E-state index in [4.69, 9.17) is 4.42 Å². The van der Waals surface area contributed by atoms with E-state index in [9.17, 15) is 23.3 Å². The summed E-state index contributed by atoms with van der Waals surface area (Å²) in [7, 11) is -3.81. The van der Waals surface area contributed by atoms with E-state index in [1.54, 1.807) is 36.6 Å². The molecule has 0 aliphatic carbocycles. The number of nitro benzene ring substituents is 1. The lowest BCUT2D eigenvalue weighted by atomic mass is 10.2. The molecule has 1 saturated heterocycles. The maximum absolute atomic E-state index is 12.8. The summed E-state index contributed by atoms with van der Waals surface area (Å²) in [5.41, 5.74) is 0.827. The number of aryl methyl sites for hydroxylation is 1. The van der Waals surface area contributed by atoms with Gasteiger partial charge in [0.15, 0.2) is 5.76 Å². The van der Waals surface area contributed by atoms with Crippen molar-refractivity contribution in [3.8, 4) is 0 Å². The van der Waals surface area contributed by atoms with Crippen LogP contribution in [0.2, 0.25) is 0 Å². The fourth-order valence-electron chi connectivity index (χ4n) is 3.68. The molecule has 2 aromatic rings. The Morgan fingerprint density at radius 3 is 2.32 bits per heavy atom. The Bertz CT molecular complexity index is 1070. The summed E-state index contributed by atoms with van der Waals surface area (Å²) >= 11 is 0. The minimum atomic E-state index is -3.81. The van der Waals surface area contributed by atoms with Crippen LogP contribution in [0, 0.1) is 17.0 Å². The standard InChI is InChI=1S/C20H26N4O6S/c1-4-23(5-2)31(28,29)16-6-7-17(18(14-16)24(26)27)21-9-11-22(12-10-21)20(25)19-15(3)8-13-30-19/h6-8,13-14H,4-5,9-12H2,1-3H3. The van der Waals surface area contributed by atoms with Gasteiger partial charge >= 0.3 is 0 Å². The van der Waals surface area contributed by atoms with Crippen LogP contribution < -0.4 is 4.90 Å². The van der Waals surface area contributed by atoms with Crippen molar-refractivity contribution in [2.24, 2.45) is 0 Å². The molecule has 1 amide bonds. The first-order valence-electron chi connectivity index (χ1n) is 10.1. The van der Waals surface area contributed by atoms with Crippen molar-refractivity contribution in [3.63, 3.8) is 0 Å². The normalized spacial score (nSPS) is 14.8. The van der Waals surface area contributed by atoms with Gasteiger partial charge in [-0.15, -0.1) is 0 Å². The van der Waals surface area contributed by atoms with Gasteiger partial charge in [0.1, 0.15) is 5.69 Å². The van der Waals surface area contributed by atoms with Crippen molar-refractivity contribution in [1.82, 2.24) is 9.21 Å². The average Bonchev–Trinajstić information content (AvgIpc) is 3.19. The molecular weight excluding hydrogens is 424 g/mol. The minimum absolute atomic E-state index is 0.103. The average molecular weight is 451 g/mol. The van der Waals surface area contributed by atoms with Crippen molar-refractivity contribution in [2.45, 2.75) is 25.7 Å². The molecular formula is C20H26N4O6S. The third-order valence-corrected chi connectivity index (χ3v) is 7.50. The van der Waals surface area contributed by atoms with E-state index in [1.165, 1.54) is 22.7 Å². The van der Waals surface area contributed by atoms with Crippen LogP contribution in [0.3, 0.4) is 0 Å². The van der Waals surface area contributed by atoms with Crippen LogP contribution in [-0.2, 0) is 10.0 Å². The van der Waals surface area contributed by atoms with E-state index in [0.29, 0.717) is 37.6 Å². The van der Waals surface area contributed by atoms with Crippen LogP contribution in [0.1, 0.15) is 30.0 Å². The number of amides is 1. The molecule has 0 saturated carbocycles. The summed E-state index contributed by atoms with van der Waals surface area (Å²) in [6.07, 6.45) is 1.47. The molecule has 1 aromatic heterocycles. The van der Waals surface area contributed by atoms with E-state index >= 15 is 0 Å². The van der Waals surface area contributed by atoms with Gasteiger partial charge in [-0.1, -0.05) is 13.8 Å². The molecule has 0 N–H and O–H groups in total. The fraction of sp³-hybridized carbons (Fsp3) is 0.450. The number of sulfonamides is 1. The molecule has 0 unspecified atom stereocenters. The van der Waals surface area contributed by atoms with Gasteiger partial charge in [-0.3, -0.25) is 14.9 Å². The molecule has 1 aliphatic heterocycles. The number of hydrogen-bond donors (Lipinski definition) is 0. The van der Waals surface area contributed by atoms with Gasteiger partial charge in [0.25, 0.3) is 11.6 Å². The summed E-state index contributed by atoms with van der Waals surface area (Å²) in [5.74, 6) is 0.0858. The molecule has 11 heteroatoms. The third-order valence-electron chi connectivity index (χ3n) is 5.45. The molecule has 1 fully saturated rings. The number of nitro groups is 1. The van der Waals surface area contributed by atoms with Crippen LogP contribution in [-0.4, -0.2) is 67.7 Å². The van der Waals surface area contributed by atoms with Gasteiger partial charge in [0, 0.05) is 50.9 Å². The van der Waals surface area contributed by atoms with Crippen LogP contribution >= 0.6 is 0 Å². The van der Waals surface area contributed by atoms with Crippen LogP contribution in [0.4, 0.5) is 11.4 Å². The highest BCUT2D eigenvalue weighted by Gasteiger charge is 2.30. The second-order valence-corrected chi connectivity index (χ2v) is 9.15. The van der Waals surface area contributed by atoms with Gasteiger partial charge in [-0.2, -0.15) is 4.31 Å². The van der Waals surface area contributed by atoms with E-state index in [-0.39, 0.29) is 29.6 Å². The Kier molecular flexibility index (Phi) is 6.65. The van der Waals surface area contributed by atoms with Gasteiger partial charge in [0.05, 0.1) is 16.1 Å². The number of hydrogen-bond acceptors (Lipinski definition) is 7. The molecule has 1 aliphatic rings. The van der Waals surface area contributed by atoms with Crippen molar-refractivity contribution in [3.05, 3.63) is 52.0 Å². The number of nitrogens with zero attached hydrogens (tertiary/aromatic N) is 4. The van der Waals surface area contributed by atoms with E-state index in [1.807, 2.05) is 0 Å². The minimum Gasteiger partial charge on any atom is -0.459 e. The smallest absolute Gasteiger partial charge is 0.293 e. The number of carbonyl (C=O) groups excluding carboxylic acids is 1. The van der Waals surface area contributed by atoms with Gasteiger partial charge < -0.3 is 14.2 Å². The molecule has 0 spiro atoms. The summed E-state index contributed by atoms with van der Waals surface area (Å²) < 4.78 is 32.0. The Morgan fingerprint density at radius 1 is 1.16 bits per heavy atom. The second kappa shape index (κ2) is 9.06. The van der Waals surface area contributed by atoms with E-state index < -0.39 is 14.9 Å². The predicted molar refractivity (Wildman–Crippen MR) is 115 cm³/mol. The highest BCUT2D eigenvalue weighted by molar-refractivity contribution is 7.89. The number of carbonyl (C=O) groups is 1. The molecule has 31 heavy (non-hydrogen) atoms. The van der Waals surface area contributed by atoms with Crippen LogP contribution in [0.15, 0.2) is 39.8 Å². The van der Waals surface area contributed by atoms with Gasteiger partial charge in [-0.25, -0.2) is 8.42 Å². The topological polar surface area (TPSA) is 117 Å². The monoisotopic (exact) mass is 450 g/mol. The predicted octanol–water partition coefficient (Wildman–Crippen LogP) is 2.49. The molecule has 0 bridgehead atoms. The Labute approximate surface area is 181 Å². The molecule has 10 nitrogen and oxygen atoms in total. The summed E-state index contributed by atoms with van der Waals surface area (Å²) in [4.78, 5) is 27.1. The lowest BCUT2D eigenvalue weighted by Crippen LogP contribution is -2.49. The van der Waals surface area contributed by atoms with Gasteiger partial charge in [0.2, 0.25) is 10.0 Å². The SMILES string of the molecule is CCN(CC)S(=O)(=O)c1ccc(N2CCN(C(=O)c3occc3C)CC2)c([N+](=O)[O-])c1. The lowest BCUT2D eigenvalue weighted by molar-refractivity contribution is -0.384. The summed E-state index contributed by atoms with van der Waals surface area (Å²) in [6, 6.07) is 5.72. The molecule has 3 rings (SSSR count). The number of anilines is 1. The van der Waals surface area contributed by atoms with Crippen molar-refractivity contribution in [1.29, 1.82) is 0 Å². The molecule has 0 radical (unpaired) electrons. The number of piperazine rings is 1. The third kappa shape index (κ3) is 4.42. The highest BCUT2D eigenvalue weighted by atomic mass is 32.2. The quantitative estimate of drug-likeness (QED) is 0.470. The zero-order valence-corrected chi connectivity index (χ0v) is 18.6. The van der Waals surface area contributed by atoms with Crippen LogP contribution in [0.5, 0.6) is 0 Å². The number of rotatable bonds is 7. The maximum Gasteiger partial charge on any atom is 0.293 e. The Hall–Kier alpha value is -2.92. The molecule has 1 aromatic carbocycles. The fourth-order valence-corrected chi connectivity index (χ4v) is 5.15. The van der Waals surface area contributed by atoms with Gasteiger partial charge in [-0.05, 0) is 25.1 Å². The van der Waals surface area contributed by atoms with Crippen molar-refractivity contribution >= 4 is 27.3 Å². The van der Waals surface area contributed by atoms with Crippen LogP contribution in [0.25, 0.3) is 0 Å². The first-order chi connectivity index (χ1) is 14.7. The largest absolute Gasteiger partial charge is 0.459 e. The number of benzene rings is 1. The summed E-state index contributed by atoms with van der Waals surface area (Å²) in [6.45, 7) is 7.29. The zero-order valence-electron chi connectivity index (χ0n) is 17.8. The van der Waals surface area contributed by atoms with Crippen molar-refractivity contribution < 1.29 is 22.6 Å². The van der Waals surface area contributed by atoms with Crippen molar-refractivity contribution in [2.75, 3.05) is 44.2 Å². The summed E-state index contributed by atoms with van der Waals surface area (Å²) in [5, 5.41) is 11.7. The number of furan rings is 1. The Balaban J connectivity index is 1.81. The second-order valence-electron chi connectivity index (χ2n) is 7.21.